The van der Waals surface area contributed by atoms with E-state index in [-0.39, 0.29) is 25.3 Å². The molecule has 1 N–H and O–H groups in total. The van der Waals surface area contributed by atoms with Crippen molar-refractivity contribution < 1.29 is 13.6 Å². The molecule has 4 rings (SSSR count). The molecule has 32 heavy (non-hydrogen) atoms. The van der Waals surface area contributed by atoms with Crippen molar-refractivity contribution in [3.8, 4) is 11.1 Å². The van der Waals surface area contributed by atoms with Crippen LogP contribution in [0, 0.1) is 6.92 Å². The topological polar surface area (TPSA) is 50.2 Å². The number of rotatable bonds is 4. The second-order valence-electron chi connectivity index (χ2n) is 8.24. The highest BCUT2D eigenvalue weighted by Crippen LogP contribution is 2.36. The zero-order valence-corrected chi connectivity index (χ0v) is 19.0. The lowest BCUT2D eigenvalue weighted by Crippen LogP contribution is -2.29. The lowest BCUT2D eigenvalue weighted by molar-refractivity contribution is -0.0102. The van der Waals surface area contributed by atoms with Crippen molar-refractivity contribution in [2.24, 2.45) is 7.05 Å². The van der Waals surface area contributed by atoms with Crippen LogP contribution in [0.15, 0.2) is 53.7 Å². The van der Waals surface area contributed by atoms with Crippen molar-refractivity contribution >= 4 is 29.9 Å². The van der Waals surface area contributed by atoms with E-state index in [0.29, 0.717) is 29.9 Å². The summed E-state index contributed by atoms with van der Waals surface area (Å²) in [5.74, 6) is -2.95. The summed E-state index contributed by atoms with van der Waals surface area (Å²) < 4.78 is 29.7. The van der Waals surface area contributed by atoms with Crippen molar-refractivity contribution in [2.75, 3.05) is 23.3 Å². The average molecular weight is 457 g/mol. The Morgan fingerprint density at radius 2 is 2.00 bits per heavy atom. The van der Waals surface area contributed by atoms with Gasteiger partial charge in [-0.1, -0.05) is 12.1 Å². The number of halogens is 2. The van der Waals surface area contributed by atoms with Crippen molar-refractivity contribution in [2.45, 2.75) is 37.0 Å². The summed E-state index contributed by atoms with van der Waals surface area (Å²) in [6.45, 7) is 2.57. The number of thiol groups is 1. The van der Waals surface area contributed by atoms with E-state index in [1.54, 1.807) is 23.0 Å². The van der Waals surface area contributed by atoms with E-state index in [0.717, 1.165) is 21.6 Å². The normalized spacial score (nSPS) is 16.0. The molecule has 0 radical (unpaired) electrons. The van der Waals surface area contributed by atoms with Crippen LogP contribution in [0.1, 0.15) is 35.2 Å². The molecule has 1 amide bonds. The van der Waals surface area contributed by atoms with Crippen molar-refractivity contribution in [1.29, 1.82) is 0 Å². The molecule has 2 aromatic carbocycles. The maximum Gasteiger partial charge on any atom is 0.258 e. The Morgan fingerprint density at radius 3 is 2.72 bits per heavy atom. The standard InChI is InChI=1S/C24H26F2N4OS/c1-16-20(17-14-27-29(2)15-17)7-8-21(30-11-4-9-24(25,26)10-12-30)22(16)23(31)28-18-5-3-6-19(32)13-18/h3,5-8,13-15,32H,4,9-12H2,1-2H3,(H,28,31). The Labute approximate surface area is 191 Å². The first kappa shape index (κ1) is 22.3. The SMILES string of the molecule is Cc1c(-c2cnn(C)c2)ccc(N2CCCC(F)(F)CC2)c1C(=O)Nc1cccc(S)c1. The molecule has 168 valence electrons. The molecular weight excluding hydrogens is 430 g/mol. The van der Waals surface area contributed by atoms with Crippen LogP contribution < -0.4 is 10.2 Å². The summed E-state index contributed by atoms with van der Waals surface area (Å²) in [5, 5.41) is 7.19. The van der Waals surface area contributed by atoms with E-state index >= 15 is 0 Å². The maximum absolute atomic E-state index is 14.0. The van der Waals surface area contributed by atoms with Crippen LogP contribution in [0.4, 0.5) is 20.2 Å². The molecule has 0 saturated carbocycles. The second kappa shape index (κ2) is 8.94. The van der Waals surface area contributed by atoms with Crippen molar-refractivity contribution in [3.05, 3.63) is 59.9 Å². The van der Waals surface area contributed by atoms with Crippen LogP contribution in [0.2, 0.25) is 0 Å². The van der Waals surface area contributed by atoms with E-state index in [1.165, 1.54) is 0 Å². The Bertz CT molecular complexity index is 1140. The minimum absolute atomic E-state index is 0.132. The lowest BCUT2D eigenvalue weighted by Gasteiger charge is -2.27. The Hall–Kier alpha value is -2.87. The van der Waals surface area contributed by atoms with E-state index in [9.17, 15) is 13.6 Å². The second-order valence-corrected chi connectivity index (χ2v) is 8.75. The zero-order chi connectivity index (χ0) is 22.9. The molecule has 1 aromatic heterocycles. The number of anilines is 2. The minimum Gasteiger partial charge on any atom is -0.371 e. The molecule has 3 aromatic rings. The predicted octanol–water partition coefficient (Wildman–Crippen LogP) is 5.56. The number of carbonyl (C=O) groups excluding carboxylic acids is 1. The molecule has 1 aliphatic heterocycles. The van der Waals surface area contributed by atoms with Gasteiger partial charge in [0.05, 0.1) is 11.8 Å². The van der Waals surface area contributed by atoms with Gasteiger partial charge in [-0.25, -0.2) is 8.78 Å². The van der Waals surface area contributed by atoms with Gasteiger partial charge in [0.2, 0.25) is 5.92 Å². The van der Waals surface area contributed by atoms with Crippen LogP contribution in [0.5, 0.6) is 0 Å². The first-order valence-electron chi connectivity index (χ1n) is 10.6. The number of carbonyl (C=O) groups is 1. The Kier molecular flexibility index (Phi) is 6.24. The zero-order valence-electron chi connectivity index (χ0n) is 18.1. The minimum atomic E-state index is -2.67. The predicted molar refractivity (Wildman–Crippen MR) is 126 cm³/mol. The summed E-state index contributed by atoms with van der Waals surface area (Å²) in [7, 11) is 1.84. The molecule has 2 heterocycles. The van der Waals surface area contributed by atoms with Gasteiger partial charge in [0.25, 0.3) is 5.91 Å². The molecular formula is C24H26F2N4OS. The first-order valence-corrected chi connectivity index (χ1v) is 11.0. The van der Waals surface area contributed by atoms with Crippen LogP contribution in [-0.4, -0.2) is 34.7 Å². The van der Waals surface area contributed by atoms with Gasteiger partial charge in [-0.05, 0) is 48.7 Å². The van der Waals surface area contributed by atoms with Gasteiger partial charge in [0.15, 0.2) is 0 Å². The van der Waals surface area contributed by atoms with Crippen LogP contribution >= 0.6 is 12.6 Å². The number of nitrogens with one attached hydrogen (secondary N) is 1. The monoisotopic (exact) mass is 456 g/mol. The number of hydrogen-bond acceptors (Lipinski definition) is 4. The van der Waals surface area contributed by atoms with Crippen molar-refractivity contribution in [3.63, 3.8) is 0 Å². The molecule has 5 nitrogen and oxygen atoms in total. The third-order valence-corrected chi connectivity index (χ3v) is 6.13. The van der Waals surface area contributed by atoms with E-state index in [1.807, 2.05) is 49.3 Å². The summed E-state index contributed by atoms with van der Waals surface area (Å²) in [6, 6.07) is 11.0. The molecule has 0 spiro atoms. The number of benzene rings is 2. The summed E-state index contributed by atoms with van der Waals surface area (Å²) in [4.78, 5) is 16.1. The Balaban J connectivity index is 1.77. The largest absolute Gasteiger partial charge is 0.371 e. The first-order chi connectivity index (χ1) is 15.2. The molecule has 0 atom stereocenters. The highest BCUT2D eigenvalue weighted by atomic mass is 32.1. The van der Waals surface area contributed by atoms with Crippen LogP contribution in [0.25, 0.3) is 11.1 Å². The third kappa shape index (κ3) is 4.80. The molecule has 0 bridgehead atoms. The van der Waals surface area contributed by atoms with Gasteiger partial charge in [0.1, 0.15) is 0 Å². The average Bonchev–Trinajstić information content (AvgIpc) is 3.07. The van der Waals surface area contributed by atoms with Gasteiger partial charge in [-0.3, -0.25) is 9.48 Å². The lowest BCUT2D eigenvalue weighted by atomic mass is 9.95. The number of alkyl halides is 2. The quantitative estimate of drug-likeness (QED) is 0.505. The molecule has 1 saturated heterocycles. The summed E-state index contributed by atoms with van der Waals surface area (Å²) >= 11 is 4.34. The fraction of sp³-hybridized carbons (Fsp3) is 0.333. The Morgan fingerprint density at radius 1 is 1.19 bits per heavy atom. The maximum atomic E-state index is 14.0. The molecule has 1 fully saturated rings. The summed E-state index contributed by atoms with van der Waals surface area (Å²) in [6.07, 6.45) is 3.66. The van der Waals surface area contributed by atoms with Crippen LogP contribution in [0.3, 0.4) is 0 Å². The highest BCUT2D eigenvalue weighted by molar-refractivity contribution is 7.80. The molecule has 8 heteroatoms. The van der Waals surface area contributed by atoms with Gasteiger partial charge >= 0.3 is 0 Å². The van der Waals surface area contributed by atoms with Gasteiger partial charge in [-0.2, -0.15) is 5.10 Å². The smallest absolute Gasteiger partial charge is 0.258 e. The number of aryl methyl sites for hydroxylation is 1. The molecule has 0 unspecified atom stereocenters. The molecule has 1 aliphatic rings. The number of amides is 1. The van der Waals surface area contributed by atoms with E-state index in [2.05, 4.69) is 23.0 Å². The third-order valence-electron chi connectivity index (χ3n) is 5.85. The number of aromatic nitrogens is 2. The van der Waals surface area contributed by atoms with Crippen LogP contribution in [-0.2, 0) is 7.05 Å². The fourth-order valence-electron chi connectivity index (χ4n) is 4.20. The van der Waals surface area contributed by atoms with Gasteiger partial charge in [-0.15, -0.1) is 12.6 Å². The van der Waals surface area contributed by atoms with Crippen molar-refractivity contribution in [1.82, 2.24) is 9.78 Å². The van der Waals surface area contributed by atoms with E-state index in [4.69, 9.17) is 0 Å². The number of nitrogens with zero attached hydrogens (tertiary/aromatic N) is 3. The summed E-state index contributed by atoms with van der Waals surface area (Å²) in [5.41, 5.74) is 4.35. The number of hydrogen-bond donors (Lipinski definition) is 2. The van der Waals surface area contributed by atoms with E-state index < -0.39 is 5.92 Å². The van der Waals surface area contributed by atoms with Gasteiger partial charge in [0, 0.05) is 61.0 Å². The highest BCUT2D eigenvalue weighted by Gasteiger charge is 2.33. The van der Waals surface area contributed by atoms with Gasteiger partial charge < -0.3 is 10.2 Å². The molecule has 0 aliphatic carbocycles. The fourth-order valence-corrected chi connectivity index (χ4v) is 4.43.